The van der Waals surface area contributed by atoms with Gasteiger partial charge in [0.1, 0.15) is 11.1 Å². The number of amides is 2. The van der Waals surface area contributed by atoms with Gasteiger partial charge in [-0.05, 0) is 67.9 Å². The van der Waals surface area contributed by atoms with Gasteiger partial charge in [0.25, 0.3) is 22.9 Å². The molecule has 2 aliphatic rings. The molecule has 5 N–H and O–H groups in total. The summed E-state index contributed by atoms with van der Waals surface area (Å²) in [6.45, 7) is 2.97. The number of halogens is 2. The summed E-state index contributed by atoms with van der Waals surface area (Å²) in [4.78, 5) is 79.9. The summed E-state index contributed by atoms with van der Waals surface area (Å²) in [5.41, 5.74) is 7.34. The number of aromatic carboxylic acids is 1. The monoisotopic (exact) mass is 995 g/mol. The molecule has 4 aromatic heterocycles. The van der Waals surface area contributed by atoms with Gasteiger partial charge >= 0.3 is 5.97 Å². The number of hydrogen-bond acceptors (Lipinski definition) is 13. The van der Waals surface area contributed by atoms with E-state index in [-0.39, 0.29) is 88.7 Å². The highest BCUT2D eigenvalue weighted by Crippen LogP contribution is 2.40. The number of anilines is 3. The van der Waals surface area contributed by atoms with Crippen LogP contribution < -0.4 is 46.4 Å². The smallest absolute Gasteiger partial charge is 0.343 e. The number of carboxylic acids is 1. The summed E-state index contributed by atoms with van der Waals surface area (Å²) in [5.74, 6) is -2.29. The van der Waals surface area contributed by atoms with Crippen molar-refractivity contribution in [2.24, 2.45) is 14.1 Å². The standard InChI is InChI=1S/C26H21FN4O5.C13H10FN3O3.C12H12N2O3/c1-15-23(26(34)31(30(15)2)17-6-4-3-5-7-17)19(32)13-16-8-9-20(18(27)12-16)36-21-10-11-28-25-24(21)35-14-22(33)29-25;14-8-5-7(15)1-2-9(8)20-10-3-4-16-13-12(10)19-6-11(18)17-13;1-8-10(12(16)17)11(15)14(13(8)2)9-6-4-3-5-7-9/h3-12H,13-14H2,1-2H3,(H,28,29,33);1-5H,6,15H2,(H,16,17,18);3-7H,1-2H3,(H,16,17). The molecule has 20 nitrogen and oxygen atoms in total. The van der Waals surface area contributed by atoms with Crippen LogP contribution in [0.4, 0.5) is 26.1 Å². The van der Waals surface area contributed by atoms with E-state index in [1.807, 2.05) is 24.3 Å². The van der Waals surface area contributed by atoms with E-state index >= 15 is 0 Å². The van der Waals surface area contributed by atoms with Gasteiger partial charge in [-0.15, -0.1) is 0 Å². The minimum atomic E-state index is -1.20. The van der Waals surface area contributed by atoms with Crippen molar-refractivity contribution in [1.29, 1.82) is 0 Å². The highest BCUT2D eigenvalue weighted by molar-refractivity contribution is 5.98. The number of nitrogen functional groups attached to an aromatic ring is 1. The molecule has 2 aliphatic heterocycles. The first kappa shape index (κ1) is 49.6. The lowest BCUT2D eigenvalue weighted by Gasteiger charge is -2.19. The molecule has 372 valence electrons. The number of pyridine rings is 2. The number of Topliss-reactive ketones (excluding diaryl/α,β-unsaturated/α-hetero) is 1. The highest BCUT2D eigenvalue weighted by Gasteiger charge is 2.26. The van der Waals surface area contributed by atoms with Crippen LogP contribution >= 0.6 is 0 Å². The van der Waals surface area contributed by atoms with Gasteiger partial charge in [-0.2, -0.15) is 0 Å². The van der Waals surface area contributed by atoms with E-state index in [1.165, 1.54) is 58.2 Å². The normalized spacial score (nSPS) is 12.2. The number of ether oxygens (including phenoxy) is 4. The number of carbonyl (C=O) groups is 4. The van der Waals surface area contributed by atoms with Crippen LogP contribution in [0.2, 0.25) is 0 Å². The molecule has 4 aromatic carbocycles. The molecule has 0 fully saturated rings. The third-order valence-corrected chi connectivity index (χ3v) is 11.3. The lowest BCUT2D eigenvalue weighted by Crippen LogP contribution is -2.26. The molecule has 0 aliphatic carbocycles. The molecule has 0 atom stereocenters. The van der Waals surface area contributed by atoms with Crippen LogP contribution in [0.5, 0.6) is 34.5 Å². The second-order valence-electron chi connectivity index (χ2n) is 16.1. The van der Waals surface area contributed by atoms with Crippen molar-refractivity contribution in [1.82, 2.24) is 28.7 Å². The quantitative estimate of drug-likeness (QED) is 0.0824. The summed E-state index contributed by atoms with van der Waals surface area (Å²) >= 11 is 0. The highest BCUT2D eigenvalue weighted by atomic mass is 19.1. The van der Waals surface area contributed by atoms with E-state index in [1.54, 1.807) is 79.8 Å². The summed E-state index contributed by atoms with van der Waals surface area (Å²) in [7, 11) is 3.37. The topological polar surface area (TPSA) is 255 Å². The molecule has 2 amide bonds. The third kappa shape index (κ3) is 10.5. The predicted molar refractivity (Wildman–Crippen MR) is 261 cm³/mol. The number of rotatable bonds is 10. The molecule has 22 heteroatoms. The molecule has 0 saturated carbocycles. The summed E-state index contributed by atoms with van der Waals surface area (Å²) in [6.07, 6.45) is 2.67. The minimum absolute atomic E-state index is 0.00750. The Morgan fingerprint density at radius 3 is 1.55 bits per heavy atom. The van der Waals surface area contributed by atoms with Crippen molar-refractivity contribution in [3.63, 3.8) is 0 Å². The number of para-hydroxylation sites is 2. The fourth-order valence-corrected chi connectivity index (χ4v) is 7.64. The molecular formula is C51H43F2N9O11. The Bertz CT molecular complexity index is 3570. The maximum atomic E-state index is 14.9. The molecule has 8 aromatic rings. The van der Waals surface area contributed by atoms with E-state index < -0.39 is 34.5 Å². The summed E-state index contributed by atoms with van der Waals surface area (Å²) < 4.78 is 56.3. The molecule has 0 bridgehead atoms. The molecular weight excluding hydrogens is 953 g/mol. The van der Waals surface area contributed by atoms with Crippen LogP contribution in [0.15, 0.2) is 131 Å². The molecule has 10 rings (SSSR count). The van der Waals surface area contributed by atoms with E-state index in [2.05, 4.69) is 20.6 Å². The number of nitrogens with two attached hydrogens (primary N) is 1. The zero-order valence-electron chi connectivity index (χ0n) is 39.2. The Balaban J connectivity index is 0.000000162. The number of aromatic nitrogens is 6. The number of hydrogen-bond donors (Lipinski definition) is 4. The van der Waals surface area contributed by atoms with Crippen LogP contribution in [0.3, 0.4) is 0 Å². The van der Waals surface area contributed by atoms with E-state index in [0.29, 0.717) is 34.0 Å². The maximum absolute atomic E-state index is 14.9. The van der Waals surface area contributed by atoms with E-state index in [9.17, 15) is 37.5 Å². The van der Waals surface area contributed by atoms with Crippen molar-refractivity contribution in [2.45, 2.75) is 20.3 Å². The van der Waals surface area contributed by atoms with Crippen LogP contribution in [-0.2, 0) is 30.1 Å². The van der Waals surface area contributed by atoms with Crippen LogP contribution in [0.25, 0.3) is 11.4 Å². The lowest BCUT2D eigenvalue weighted by molar-refractivity contribution is -0.119. The van der Waals surface area contributed by atoms with Gasteiger partial charge in [0, 0.05) is 62.5 Å². The zero-order chi connectivity index (χ0) is 52.1. The number of nitrogens with zero attached hydrogens (tertiary/aromatic N) is 6. The van der Waals surface area contributed by atoms with Crippen molar-refractivity contribution >= 4 is 40.9 Å². The van der Waals surface area contributed by atoms with Crippen molar-refractivity contribution in [3.05, 3.63) is 182 Å². The molecule has 73 heavy (non-hydrogen) atoms. The lowest BCUT2D eigenvalue weighted by atomic mass is 10.0. The van der Waals surface area contributed by atoms with Crippen molar-refractivity contribution in [3.8, 4) is 45.9 Å². The van der Waals surface area contributed by atoms with Gasteiger partial charge < -0.3 is 40.4 Å². The van der Waals surface area contributed by atoms with Gasteiger partial charge in [-0.25, -0.2) is 32.9 Å². The van der Waals surface area contributed by atoms with Gasteiger partial charge in [0.15, 0.2) is 65.3 Å². The second kappa shape index (κ2) is 21.0. The summed E-state index contributed by atoms with van der Waals surface area (Å²) in [5, 5.41) is 14.1. The number of carbonyl (C=O) groups excluding carboxylic acids is 3. The Hall–Kier alpha value is -9.86. The number of ketones is 1. The Morgan fingerprint density at radius 2 is 1.10 bits per heavy atom. The summed E-state index contributed by atoms with van der Waals surface area (Å²) in [6, 6.07) is 29.2. The first-order valence-corrected chi connectivity index (χ1v) is 22.0. The number of benzene rings is 4. The fourth-order valence-electron chi connectivity index (χ4n) is 7.64. The Labute approximate surface area is 412 Å². The average molecular weight is 996 g/mol. The molecule has 0 unspecified atom stereocenters. The minimum Gasteiger partial charge on any atom is -0.477 e. The van der Waals surface area contributed by atoms with Crippen LogP contribution in [0.1, 0.15) is 37.7 Å². The maximum Gasteiger partial charge on any atom is 0.343 e. The van der Waals surface area contributed by atoms with Gasteiger partial charge in [-0.3, -0.25) is 33.3 Å². The Kier molecular flexibility index (Phi) is 14.3. The first-order chi connectivity index (χ1) is 35.0. The molecule has 0 saturated heterocycles. The third-order valence-electron chi connectivity index (χ3n) is 11.3. The number of carboxylic acid groups (broad SMARTS) is 1. The van der Waals surface area contributed by atoms with Crippen LogP contribution in [0, 0.1) is 25.5 Å². The van der Waals surface area contributed by atoms with E-state index in [4.69, 9.17) is 29.8 Å². The SMILES string of the molecule is Cc1c(C(=O)Cc2ccc(Oc3ccnc4c3OCC(=O)N4)c(F)c2)c(=O)n(-c2ccccc2)n1C.Cc1c(C(=O)O)c(=O)n(-c2ccccc2)n1C.Nc1ccc(Oc2ccnc3c2OCC(=O)N3)c(F)c1. The van der Waals surface area contributed by atoms with Gasteiger partial charge in [0.2, 0.25) is 11.5 Å². The Morgan fingerprint density at radius 1 is 0.644 bits per heavy atom. The molecule has 6 heterocycles. The first-order valence-electron chi connectivity index (χ1n) is 22.0. The van der Waals surface area contributed by atoms with Crippen molar-refractivity contribution in [2.75, 3.05) is 29.6 Å². The van der Waals surface area contributed by atoms with Gasteiger partial charge in [0.05, 0.1) is 17.1 Å². The van der Waals surface area contributed by atoms with Gasteiger partial charge in [-0.1, -0.05) is 42.5 Å². The van der Waals surface area contributed by atoms with E-state index in [0.717, 1.165) is 6.07 Å². The molecule has 0 radical (unpaired) electrons. The zero-order valence-corrected chi connectivity index (χ0v) is 39.2. The number of fused-ring (bicyclic) bond motifs is 2. The predicted octanol–water partition coefficient (Wildman–Crippen LogP) is 6.68. The fraction of sp³-hybridized carbons (Fsp3) is 0.137. The van der Waals surface area contributed by atoms with Crippen molar-refractivity contribution < 1.29 is 52.0 Å². The molecule has 0 spiro atoms. The van der Waals surface area contributed by atoms with Crippen LogP contribution in [-0.4, -0.2) is 70.6 Å². The average Bonchev–Trinajstić information content (AvgIpc) is 3.74. The largest absolute Gasteiger partial charge is 0.477 e. The second-order valence-corrected chi connectivity index (χ2v) is 16.1. The number of nitrogens with one attached hydrogen (secondary N) is 2.